The Balaban J connectivity index is 2.12. The van der Waals surface area contributed by atoms with E-state index in [2.05, 4.69) is 10.6 Å². The molecular weight excluding hydrogens is 505 g/mol. The second kappa shape index (κ2) is 12.2. The lowest BCUT2D eigenvalue weighted by Gasteiger charge is -2.23. The van der Waals surface area contributed by atoms with E-state index in [1.807, 2.05) is 0 Å². The third kappa shape index (κ3) is 11.1. The first-order valence-corrected chi connectivity index (χ1v) is 11.8. The number of rotatable bonds is 7. The summed E-state index contributed by atoms with van der Waals surface area (Å²) < 4.78 is 54.5. The van der Waals surface area contributed by atoms with Crippen molar-refractivity contribution in [3.63, 3.8) is 0 Å². The van der Waals surface area contributed by atoms with Gasteiger partial charge >= 0.3 is 18.4 Å². The van der Waals surface area contributed by atoms with Gasteiger partial charge in [0, 0.05) is 13.0 Å². The van der Waals surface area contributed by atoms with Crippen molar-refractivity contribution < 1.29 is 41.8 Å². The van der Waals surface area contributed by atoms with E-state index in [-0.39, 0.29) is 24.3 Å². The Morgan fingerprint density at radius 3 is 2.00 bits per heavy atom. The first-order valence-electron chi connectivity index (χ1n) is 11.8. The standard InChI is InChI=1S/C27H33F3N2O6/c1-25(2,3)37-23(34)32-21(22(33)31-16-18-8-7-9-19(14-18)27(28,29)30)15-17-10-12-20(13-11-17)36-24(35)38-26(4,5)6/h7-14,21H,15-16H2,1-6H3,(H,31,33)(H,32,34)/t21-/m0/s1. The van der Waals surface area contributed by atoms with Crippen LogP contribution in [0.2, 0.25) is 0 Å². The highest BCUT2D eigenvalue weighted by molar-refractivity contribution is 5.86. The van der Waals surface area contributed by atoms with Crippen LogP contribution in [0.4, 0.5) is 22.8 Å². The van der Waals surface area contributed by atoms with Crippen LogP contribution < -0.4 is 15.4 Å². The number of benzene rings is 2. The van der Waals surface area contributed by atoms with Gasteiger partial charge in [0.25, 0.3) is 0 Å². The van der Waals surface area contributed by atoms with E-state index in [1.165, 1.54) is 24.3 Å². The molecule has 2 aromatic rings. The van der Waals surface area contributed by atoms with Crippen molar-refractivity contribution in [2.75, 3.05) is 0 Å². The summed E-state index contributed by atoms with van der Waals surface area (Å²) in [5.41, 5.74) is -1.52. The van der Waals surface area contributed by atoms with E-state index in [9.17, 15) is 27.6 Å². The Bertz CT molecular complexity index is 1120. The molecule has 0 unspecified atom stereocenters. The van der Waals surface area contributed by atoms with E-state index >= 15 is 0 Å². The van der Waals surface area contributed by atoms with Gasteiger partial charge in [0.1, 0.15) is 23.0 Å². The Morgan fingerprint density at radius 1 is 0.842 bits per heavy atom. The highest BCUT2D eigenvalue weighted by Crippen LogP contribution is 2.29. The van der Waals surface area contributed by atoms with Gasteiger partial charge in [0.15, 0.2) is 0 Å². The minimum absolute atomic E-state index is 0.0282. The summed E-state index contributed by atoms with van der Waals surface area (Å²) in [6.07, 6.45) is -6.19. The number of nitrogens with one attached hydrogen (secondary N) is 2. The van der Waals surface area contributed by atoms with E-state index in [0.29, 0.717) is 5.56 Å². The zero-order valence-electron chi connectivity index (χ0n) is 22.2. The lowest BCUT2D eigenvalue weighted by Crippen LogP contribution is -2.49. The van der Waals surface area contributed by atoms with Crippen LogP contribution in [-0.2, 0) is 33.4 Å². The molecule has 0 aliphatic heterocycles. The van der Waals surface area contributed by atoms with Gasteiger partial charge in [-0.15, -0.1) is 0 Å². The van der Waals surface area contributed by atoms with Crippen molar-refractivity contribution in [1.82, 2.24) is 10.6 Å². The topological polar surface area (TPSA) is 103 Å². The van der Waals surface area contributed by atoms with Crippen LogP contribution in [0.5, 0.6) is 5.75 Å². The number of carbonyl (C=O) groups is 3. The molecule has 208 valence electrons. The smallest absolute Gasteiger partial charge is 0.444 e. The summed E-state index contributed by atoms with van der Waals surface area (Å²) in [4.78, 5) is 37.2. The zero-order valence-corrected chi connectivity index (χ0v) is 22.2. The monoisotopic (exact) mass is 538 g/mol. The van der Waals surface area contributed by atoms with E-state index < -0.39 is 47.1 Å². The summed E-state index contributed by atoms with van der Waals surface area (Å²) in [7, 11) is 0. The molecule has 1 atom stereocenters. The molecule has 0 saturated carbocycles. The molecule has 0 radical (unpaired) electrons. The average Bonchev–Trinajstić information content (AvgIpc) is 2.75. The fourth-order valence-corrected chi connectivity index (χ4v) is 3.13. The number of halogens is 3. The molecule has 0 aliphatic rings. The maximum absolute atomic E-state index is 13.0. The molecular formula is C27H33F3N2O6. The summed E-state index contributed by atoms with van der Waals surface area (Å²) in [5.74, 6) is -0.406. The highest BCUT2D eigenvalue weighted by atomic mass is 19.4. The van der Waals surface area contributed by atoms with Gasteiger partial charge in [0.2, 0.25) is 5.91 Å². The number of ether oxygens (including phenoxy) is 3. The van der Waals surface area contributed by atoms with Crippen LogP contribution >= 0.6 is 0 Å². The summed E-state index contributed by atoms with van der Waals surface area (Å²) >= 11 is 0. The first kappa shape index (κ1) is 30.5. The normalized spacial score (nSPS) is 12.8. The van der Waals surface area contributed by atoms with Crippen molar-refractivity contribution >= 4 is 18.2 Å². The number of alkyl halides is 3. The molecule has 0 saturated heterocycles. The number of amides is 2. The molecule has 2 aromatic carbocycles. The van der Waals surface area contributed by atoms with Crippen LogP contribution in [0.3, 0.4) is 0 Å². The van der Waals surface area contributed by atoms with E-state index in [0.717, 1.165) is 12.1 Å². The van der Waals surface area contributed by atoms with E-state index in [1.54, 1.807) is 53.7 Å². The Kier molecular flexibility index (Phi) is 9.77. The average molecular weight is 539 g/mol. The second-order valence-corrected chi connectivity index (χ2v) is 10.5. The van der Waals surface area contributed by atoms with Crippen molar-refractivity contribution in [2.45, 2.75) is 77.9 Å². The van der Waals surface area contributed by atoms with Gasteiger partial charge in [0.05, 0.1) is 5.56 Å². The number of hydrogen-bond donors (Lipinski definition) is 2. The highest BCUT2D eigenvalue weighted by Gasteiger charge is 2.30. The number of alkyl carbamates (subject to hydrolysis) is 1. The lowest BCUT2D eigenvalue weighted by molar-refractivity contribution is -0.137. The predicted molar refractivity (Wildman–Crippen MR) is 133 cm³/mol. The SMILES string of the molecule is CC(C)(C)OC(=O)N[C@@H](Cc1ccc(OC(=O)OC(C)(C)C)cc1)C(=O)NCc1cccc(C(F)(F)F)c1. The van der Waals surface area contributed by atoms with Crippen LogP contribution in [0, 0.1) is 0 Å². The molecule has 2 amide bonds. The van der Waals surface area contributed by atoms with Gasteiger partial charge in [-0.3, -0.25) is 4.79 Å². The first-order chi connectivity index (χ1) is 17.4. The molecule has 8 nitrogen and oxygen atoms in total. The Morgan fingerprint density at radius 2 is 1.45 bits per heavy atom. The molecule has 2 rings (SSSR count). The number of hydrogen-bond acceptors (Lipinski definition) is 6. The molecule has 2 N–H and O–H groups in total. The Labute approximate surface area is 219 Å². The van der Waals surface area contributed by atoms with Crippen molar-refractivity contribution in [3.8, 4) is 5.75 Å². The third-order valence-electron chi connectivity index (χ3n) is 4.68. The van der Waals surface area contributed by atoms with Gasteiger partial charge in [-0.05, 0) is 76.9 Å². The van der Waals surface area contributed by atoms with Gasteiger partial charge < -0.3 is 24.8 Å². The zero-order chi connectivity index (χ0) is 28.7. The van der Waals surface area contributed by atoms with Crippen LogP contribution in [-0.4, -0.2) is 35.4 Å². The Hall–Kier alpha value is -3.76. The maximum atomic E-state index is 13.0. The fourth-order valence-electron chi connectivity index (χ4n) is 3.13. The second-order valence-electron chi connectivity index (χ2n) is 10.5. The van der Waals surface area contributed by atoms with Crippen molar-refractivity contribution in [3.05, 3.63) is 65.2 Å². The maximum Gasteiger partial charge on any atom is 0.514 e. The molecule has 0 heterocycles. The summed E-state index contributed by atoms with van der Waals surface area (Å²) in [6.45, 7) is 9.92. The molecule has 0 aliphatic carbocycles. The van der Waals surface area contributed by atoms with Crippen LogP contribution in [0.1, 0.15) is 58.2 Å². The quantitative estimate of drug-likeness (QED) is 0.343. The molecule has 0 bridgehead atoms. The van der Waals surface area contributed by atoms with Crippen LogP contribution in [0.15, 0.2) is 48.5 Å². The van der Waals surface area contributed by atoms with E-state index in [4.69, 9.17) is 14.2 Å². The molecule has 38 heavy (non-hydrogen) atoms. The minimum Gasteiger partial charge on any atom is -0.444 e. The molecule has 0 fully saturated rings. The minimum atomic E-state index is -4.51. The van der Waals surface area contributed by atoms with Crippen LogP contribution in [0.25, 0.3) is 0 Å². The van der Waals surface area contributed by atoms with Crippen molar-refractivity contribution in [2.24, 2.45) is 0 Å². The van der Waals surface area contributed by atoms with Crippen molar-refractivity contribution in [1.29, 1.82) is 0 Å². The third-order valence-corrected chi connectivity index (χ3v) is 4.68. The molecule has 0 spiro atoms. The lowest BCUT2D eigenvalue weighted by atomic mass is 10.0. The van der Waals surface area contributed by atoms with Gasteiger partial charge in [-0.1, -0.05) is 24.3 Å². The summed E-state index contributed by atoms with van der Waals surface area (Å²) in [6, 6.07) is 9.70. The molecule has 0 aromatic heterocycles. The van der Waals surface area contributed by atoms with Gasteiger partial charge in [-0.25, -0.2) is 9.59 Å². The summed E-state index contributed by atoms with van der Waals surface area (Å²) in [5, 5.41) is 5.07. The number of carbonyl (C=O) groups excluding carboxylic acids is 3. The van der Waals surface area contributed by atoms with Gasteiger partial charge in [-0.2, -0.15) is 13.2 Å². The largest absolute Gasteiger partial charge is 0.514 e. The predicted octanol–water partition coefficient (Wildman–Crippen LogP) is 5.77. The molecule has 11 heteroatoms. The fraction of sp³-hybridized carbons (Fsp3) is 0.444.